The van der Waals surface area contributed by atoms with Gasteiger partial charge in [-0.25, -0.2) is 4.39 Å². The first-order valence-corrected chi connectivity index (χ1v) is 9.60. The molecule has 2 amide bonds. The number of rotatable bonds is 4. The number of nitrogens with one attached hydrogen (secondary N) is 3. The third kappa shape index (κ3) is 5.27. The van der Waals surface area contributed by atoms with Crippen LogP contribution in [0.5, 0.6) is 0 Å². The van der Waals surface area contributed by atoms with Gasteiger partial charge in [0.05, 0.1) is 11.3 Å². The van der Waals surface area contributed by atoms with E-state index in [0.717, 1.165) is 11.1 Å². The van der Waals surface area contributed by atoms with Crippen LogP contribution in [0.1, 0.15) is 31.8 Å². The molecule has 0 radical (unpaired) electrons. The van der Waals surface area contributed by atoms with Crippen molar-refractivity contribution in [3.8, 4) is 0 Å². The molecule has 3 rings (SSSR count). The third-order valence-corrected chi connectivity index (χ3v) is 4.72. The molecule has 30 heavy (non-hydrogen) atoms. The molecule has 0 aliphatic heterocycles. The van der Waals surface area contributed by atoms with Gasteiger partial charge in [0.2, 0.25) is 0 Å². The van der Waals surface area contributed by atoms with Crippen LogP contribution in [0.4, 0.5) is 15.8 Å². The number of thiocarbonyl (C=S) groups is 1. The predicted octanol–water partition coefficient (Wildman–Crippen LogP) is 4.82. The predicted molar refractivity (Wildman–Crippen MR) is 120 cm³/mol. The molecule has 0 saturated carbocycles. The van der Waals surface area contributed by atoms with E-state index in [0.29, 0.717) is 16.9 Å². The molecule has 0 bridgehead atoms. The van der Waals surface area contributed by atoms with Crippen molar-refractivity contribution in [2.24, 2.45) is 0 Å². The van der Waals surface area contributed by atoms with Gasteiger partial charge in [-0.2, -0.15) is 0 Å². The number of aryl methyl sites for hydroxylation is 2. The van der Waals surface area contributed by atoms with E-state index in [4.69, 9.17) is 12.2 Å². The number of carbonyl (C=O) groups excluding carboxylic acids is 2. The molecule has 0 atom stereocenters. The Morgan fingerprint density at radius 2 is 1.53 bits per heavy atom. The number of benzene rings is 3. The largest absolute Gasteiger partial charge is 0.332 e. The second kappa shape index (κ2) is 9.28. The highest BCUT2D eigenvalue weighted by molar-refractivity contribution is 7.80. The molecule has 3 aromatic rings. The smallest absolute Gasteiger partial charge is 0.257 e. The number of halogens is 1. The standard InChI is InChI=1S/C23H20FN3O2S/c1-14-7-12-18(13-15(14)2)25-22(29)19-5-3-4-6-20(19)26-23(30)27-21(28)16-8-10-17(24)11-9-16/h3-13H,1-2H3,(H,25,29)(H2,26,27,28,30). The monoisotopic (exact) mass is 421 g/mol. The molecule has 0 aliphatic carbocycles. The zero-order valence-electron chi connectivity index (χ0n) is 16.5. The molecule has 0 spiro atoms. The van der Waals surface area contributed by atoms with Crippen molar-refractivity contribution in [1.82, 2.24) is 5.32 Å². The molecule has 3 N–H and O–H groups in total. The van der Waals surface area contributed by atoms with Crippen LogP contribution in [-0.4, -0.2) is 16.9 Å². The summed E-state index contributed by atoms with van der Waals surface area (Å²) < 4.78 is 13.0. The van der Waals surface area contributed by atoms with Crippen LogP contribution >= 0.6 is 12.2 Å². The van der Waals surface area contributed by atoms with Gasteiger partial charge in [0.15, 0.2) is 5.11 Å². The minimum Gasteiger partial charge on any atom is -0.332 e. The second-order valence-corrected chi connectivity index (χ2v) is 7.12. The number of hydrogen-bond donors (Lipinski definition) is 3. The zero-order valence-corrected chi connectivity index (χ0v) is 17.3. The van der Waals surface area contributed by atoms with Gasteiger partial charge < -0.3 is 10.6 Å². The van der Waals surface area contributed by atoms with Crippen LogP contribution in [-0.2, 0) is 0 Å². The lowest BCUT2D eigenvalue weighted by atomic mass is 10.1. The highest BCUT2D eigenvalue weighted by Crippen LogP contribution is 2.19. The van der Waals surface area contributed by atoms with Crippen molar-refractivity contribution in [2.75, 3.05) is 10.6 Å². The van der Waals surface area contributed by atoms with E-state index in [1.165, 1.54) is 24.3 Å². The minimum absolute atomic E-state index is 0.0238. The molecule has 0 fully saturated rings. The summed E-state index contributed by atoms with van der Waals surface area (Å²) in [5.74, 6) is -1.23. The first-order chi connectivity index (χ1) is 14.3. The van der Waals surface area contributed by atoms with Crippen molar-refractivity contribution < 1.29 is 14.0 Å². The van der Waals surface area contributed by atoms with Gasteiger partial charge in [0.1, 0.15) is 5.82 Å². The Labute approximate surface area is 179 Å². The third-order valence-electron chi connectivity index (χ3n) is 4.52. The van der Waals surface area contributed by atoms with Crippen molar-refractivity contribution >= 4 is 40.5 Å². The van der Waals surface area contributed by atoms with E-state index in [-0.39, 0.29) is 16.6 Å². The number of carbonyl (C=O) groups is 2. The van der Waals surface area contributed by atoms with Crippen LogP contribution in [0.25, 0.3) is 0 Å². The van der Waals surface area contributed by atoms with Crippen molar-refractivity contribution in [3.63, 3.8) is 0 Å². The Morgan fingerprint density at radius 1 is 0.833 bits per heavy atom. The Balaban J connectivity index is 1.70. The van der Waals surface area contributed by atoms with Crippen molar-refractivity contribution in [2.45, 2.75) is 13.8 Å². The van der Waals surface area contributed by atoms with Gasteiger partial charge in [0.25, 0.3) is 11.8 Å². The maximum atomic E-state index is 13.0. The normalized spacial score (nSPS) is 10.2. The Kier molecular flexibility index (Phi) is 6.54. The first-order valence-electron chi connectivity index (χ1n) is 9.19. The summed E-state index contributed by atoms with van der Waals surface area (Å²) in [4.78, 5) is 25.0. The van der Waals surface area contributed by atoms with E-state index < -0.39 is 11.7 Å². The van der Waals surface area contributed by atoms with Crippen LogP contribution < -0.4 is 16.0 Å². The van der Waals surface area contributed by atoms with Crippen molar-refractivity contribution in [1.29, 1.82) is 0 Å². The lowest BCUT2D eigenvalue weighted by Crippen LogP contribution is -2.34. The summed E-state index contributed by atoms with van der Waals surface area (Å²) in [6.07, 6.45) is 0. The topological polar surface area (TPSA) is 70.2 Å². The van der Waals surface area contributed by atoms with E-state index in [2.05, 4.69) is 16.0 Å². The maximum Gasteiger partial charge on any atom is 0.257 e. The van der Waals surface area contributed by atoms with Crippen molar-refractivity contribution in [3.05, 3.63) is 94.8 Å². The average molecular weight is 421 g/mol. The van der Waals surface area contributed by atoms with Gasteiger partial charge in [-0.3, -0.25) is 14.9 Å². The molecule has 3 aromatic carbocycles. The maximum absolute atomic E-state index is 13.0. The molecular formula is C23H20FN3O2S. The average Bonchev–Trinajstić information content (AvgIpc) is 2.71. The number of anilines is 2. The molecule has 0 aliphatic rings. The lowest BCUT2D eigenvalue weighted by Gasteiger charge is -2.14. The Morgan fingerprint density at radius 3 is 2.23 bits per heavy atom. The van der Waals surface area contributed by atoms with Crippen LogP contribution in [0, 0.1) is 19.7 Å². The summed E-state index contributed by atoms with van der Waals surface area (Å²) in [6.45, 7) is 3.98. The Bertz CT molecular complexity index is 1110. The van der Waals surface area contributed by atoms with Crippen LogP contribution in [0.15, 0.2) is 66.7 Å². The van der Waals surface area contributed by atoms with E-state index >= 15 is 0 Å². The molecule has 0 aromatic heterocycles. The summed E-state index contributed by atoms with van der Waals surface area (Å²) in [7, 11) is 0. The highest BCUT2D eigenvalue weighted by atomic mass is 32.1. The molecular weight excluding hydrogens is 401 g/mol. The first kappa shape index (κ1) is 21.1. The number of amides is 2. The quantitative estimate of drug-likeness (QED) is 0.528. The fraction of sp³-hybridized carbons (Fsp3) is 0.0870. The SMILES string of the molecule is Cc1ccc(NC(=O)c2ccccc2NC(=S)NC(=O)c2ccc(F)cc2)cc1C. The second-order valence-electron chi connectivity index (χ2n) is 6.71. The summed E-state index contributed by atoms with van der Waals surface area (Å²) in [5, 5.41) is 8.29. The number of hydrogen-bond acceptors (Lipinski definition) is 3. The molecule has 7 heteroatoms. The van der Waals surface area contributed by atoms with E-state index in [1.54, 1.807) is 24.3 Å². The zero-order chi connectivity index (χ0) is 21.7. The van der Waals surface area contributed by atoms with Crippen LogP contribution in [0.2, 0.25) is 0 Å². The van der Waals surface area contributed by atoms with Gasteiger partial charge in [0, 0.05) is 11.3 Å². The molecule has 152 valence electrons. The number of para-hydroxylation sites is 1. The van der Waals surface area contributed by atoms with Gasteiger partial charge in [-0.1, -0.05) is 18.2 Å². The van der Waals surface area contributed by atoms with Gasteiger partial charge >= 0.3 is 0 Å². The van der Waals surface area contributed by atoms with Gasteiger partial charge in [-0.15, -0.1) is 0 Å². The van der Waals surface area contributed by atoms with Gasteiger partial charge in [-0.05, 0) is 85.7 Å². The molecule has 5 nitrogen and oxygen atoms in total. The summed E-state index contributed by atoms with van der Waals surface area (Å²) in [5.41, 5.74) is 3.98. The fourth-order valence-electron chi connectivity index (χ4n) is 2.74. The minimum atomic E-state index is -0.482. The van der Waals surface area contributed by atoms with E-state index in [1.807, 2.05) is 32.0 Å². The van der Waals surface area contributed by atoms with E-state index in [9.17, 15) is 14.0 Å². The van der Waals surface area contributed by atoms with Crippen LogP contribution in [0.3, 0.4) is 0 Å². The molecule has 0 heterocycles. The Hall–Kier alpha value is -3.58. The molecule has 0 saturated heterocycles. The fourth-order valence-corrected chi connectivity index (χ4v) is 2.94. The summed E-state index contributed by atoms with van der Waals surface area (Å²) >= 11 is 5.20. The lowest BCUT2D eigenvalue weighted by molar-refractivity contribution is 0.0976. The highest BCUT2D eigenvalue weighted by Gasteiger charge is 2.14. The summed E-state index contributed by atoms with van der Waals surface area (Å²) in [6, 6.07) is 17.6. The molecule has 0 unspecified atom stereocenters.